The smallest absolute Gasteiger partial charge is 0.414 e. The molecule has 9 heteroatoms. The minimum atomic E-state index is -0.503. The van der Waals surface area contributed by atoms with E-state index in [1.807, 2.05) is 74.2 Å². The normalized spacial score (nSPS) is 18.7. The zero-order valence-electron chi connectivity index (χ0n) is 22.4. The molecule has 3 aliphatic rings. The zero-order chi connectivity index (χ0) is 26.9. The molecule has 0 atom stereocenters. The summed E-state index contributed by atoms with van der Waals surface area (Å²) in [5, 5.41) is 0. The van der Waals surface area contributed by atoms with Gasteiger partial charge >= 0.3 is 12.2 Å². The molecule has 9 nitrogen and oxygen atoms in total. The lowest BCUT2D eigenvalue weighted by Crippen LogP contribution is -2.50. The highest BCUT2D eigenvalue weighted by atomic mass is 16.6. The number of hydrogen-bond acceptors (Lipinski definition) is 6. The first-order valence-electron chi connectivity index (χ1n) is 13.4. The topological polar surface area (TPSA) is 82.6 Å². The van der Waals surface area contributed by atoms with Gasteiger partial charge in [-0.05, 0) is 63.9 Å². The Morgan fingerprint density at radius 1 is 0.868 bits per heavy atom. The largest absolute Gasteiger partial charge is 0.444 e. The third kappa shape index (κ3) is 5.56. The molecule has 2 aromatic rings. The minimum Gasteiger partial charge on any atom is -0.444 e. The van der Waals surface area contributed by atoms with Crippen molar-refractivity contribution in [1.29, 1.82) is 0 Å². The molecule has 2 saturated heterocycles. The summed E-state index contributed by atoms with van der Waals surface area (Å²) < 4.78 is 10.9. The van der Waals surface area contributed by atoms with Crippen molar-refractivity contribution in [2.45, 2.75) is 51.9 Å². The van der Waals surface area contributed by atoms with Gasteiger partial charge in [-0.2, -0.15) is 0 Å². The van der Waals surface area contributed by atoms with E-state index in [1.54, 1.807) is 9.80 Å². The van der Waals surface area contributed by atoms with Crippen LogP contribution in [0.25, 0.3) is 0 Å². The summed E-state index contributed by atoms with van der Waals surface area (Å²) in [6.07, 6.45) is 0.823. The van der Waals surface area contributed by atoms with Crippen LogP contribution < -0.4 is 9.80 Å². The van der Waals surface area contributed by atoms with E-state index in [0.717, 1.165) is 16.9 Å². The second kappa shape index (κ2) is 10.6. The van der Waals surface area contributed by atoms with Crippen LogP contribution in [0, 0.1) is 0 Å². The number of anilines is 2. The van der Waals surface area contributed by atoms with Crippen LogP contribution >= 0.6 is 0 Å². The Morgan fingerprint density at radius 2 is 1.53 bits per heavy atom. The highest BCUT2D eigenvalue weighted by Crippen LogP contribution is 2.32. The van der Waals surface area contributed by atoms with Gasteiger partial charge in [0, 0.05) is 62.1 Å². The van der Waals surface area contributed by atoms with Gasteiger partial charge in [0.2, 0.25) is 0 Å². The fraction of sp³-hybridized carbons (Fsp3) is 0.483. The number of carbonyl (C=O) groups excluding carboxylic acids is 3. The van der Waals surface area contributed by atoms with Gasteiger partial charge in [-0.15, -0.1) is 0 Å². The molecule has 202 valence electrons. The molecule has 3 heterocycles. The van der Waals surface area contributed by atoms with Gasteiger partial charge in [0.25, 0.3) is 5.91 Å². The Kier molecular flexibility index (Phi) is 7.19. The molecule has 5 rings (SSSR count). The van der Waals surface area contributed by atoms with Crippen molar-refractivity contribution in [3.63, 3.8) is 0 Å². The monoisotopic (exact) mass is 520 g/mol. The second-order valence-electron chi connectivity index (χ2n) is 11.1. The quantitative estimate of drug-likeness (QED) is 0.593. The van der Waals surface area contributed by atoms with Crippen LogP contribution in [0.1, 0.15) is 49.5 Å². The van der Waals surface area contributed by atoms with E-state index < -0.39 is 5.60 Å². The lowest BCUT2D eigenvalue weighted by Gasteiger charge is -2.40. The highest BCUT2D eigenvalue weighted by Gasteiger charge is 2.35. The Balaban J connectivity index is 1.14. The van der Waals surface area contributed by atoms with Crippen molar-refractivity contribution in [2.24, 2.45) is 0 Å². The summed E-state index contributed by atoms with van der Waals surface area (Å²) >= 11 is 0. The Hall–Kier alpha value is -3.75. The van der Waals surface area contributed by atoms with Gasteiger partial charge in [-0.1, -0.05) is 18.2 Å². The second-order valence-corrected chi connectivity index (χ2v) is 11.1. The van der Waals surface area contributed by atoms with Crippen LogP contribution in [0.5, 0.6) is 0 Å². The van der Waals surface area contributed by atoms with E-state index in [0.29, 0.717) is 64.3 Å². The van der Waals surface area contributed by atoms with Crippen LogP contribution in [-0.2, 0) is 16.1 Å². The number of hydrogen-bond donors (Lipinski definition) is 0. The van der Waals surface area contributed by atoms with Gasteiger partial charge < -0.3 is 24.2 Å². The van der Waals surface area contributed by atoms with Crippen molar-refractivity contribution < 1.29 is 23.9 Å². The molecule has 2 fully saturated rings. The molecule has 38 heavy (non-hydrogen) atoms. The Bertz CT molecular complexity index is 1180. The number of likely N-dealkylation sites (tertiary alicyclic amines) is 1. The minimum absolute atomic E-state index is 0.00589. The van der Waals surface area contributed by atoms with Crippen LogP contribution in [-0.4, -0.2) is 78.8 Å². The molecule has 0 spiro atoms. The molecule has 0 unspecified atom stereocenters. The highest BCUT2D eigenvalue weighted by molar-refractivity contribution is 5.95. The number of cyclic esters (lactones) is 1. The average Bonchev–Trinajstić information content (AvgIpc) is 2.92. The fourth-order valence-corrected chi connectivity index (χ4v) is 5.32. The molecule has 0 bridgehead atoms. The van der Waals surface area contributed by atoms with Crippen molar-refractivity contribution >= 4 is 29.5 Å². The number of amides is 3. The molecular formula is C29H36N4O5. The number of nitrogens with zero attached hydrogens (tertiary/aromatic N) is 4. The van der Waals surface area contributed by atoms with Gasteiger partial charge in [-0.25, -0.2) is 9.59 Å². The van der Waals surface area contributed by atoms with Crippen LogP contribution in [0.4, 0.5) is 21.0 Å². The maximum absolute atomic E-state index is 13.2. The molecule has 3 amide bonds. The predicted molar refractivity (Wildman–Crippen MR) is 144 cm³/mol. The summed E-state index contributed by atoms with van der Waals surface area (Å²) in [6.45, 7) is 9.71. The standard InChI is InChI=1S/C29H36N4O5/c1-29(2,3)38-27(35)32-18-16-30(17-19-32)23-10-8-21(9-11-23)26(34)31-14-12-24(13-15-31)33-25-7-5-4-6-22(25)20-37-28(33)36/h4-11,24H,12-20H2,1-3H3. The molecular weight excluding hydrogens is 484 g/mol. The molecule has 0 saturated carbocycles. The number of carbonyl (C=O) groups is 3. The summed E-state index contributed by atoms with van der Waals surface area (Å²) in [6, 6.07) is 15.6. The van der Waals surface area contributed by atoms with Gasteiger partial charge in [0.05, 0.1) is 5.69 Å². The molecule has 0 radical (unpaired) electrons. The van der Waals surface area contributed by atoms with Gasteiger partial charge in [-0.3, -0.25) is 9.69 Å². The van der Waals surface area contributed by atoms with Gasteiger partial charge in [0.1, 0.15) is 12.2 Å². The SMILES string of the molecule is CC(C)(C)OC(=O)N1CCN(c2ccc(C(=O)N3CCC(N4C(=O)OCc5ccccc54)CC3)cc2)CC1. The number of fused-ring (bicyclic) bond motifs is 1. The van der Waals surface area contributed by atoms with E-state index >= 15 is 0 Å². The zero-order valence-corrected chi connectivity index (χ0v) is 22.4. The summed E-state index contributed by atoms with van der Waals surface area (Å²) in [4.78, 5) is 45.7. The maximum Gasteiger partial charge on any atom is 0.414 e. The number of rotatable bonds is 3. The lowest BCUT2D eigenvalue weighted by molar-refractivity contribution is 0.0240. The lowest BCUT2D eigenvalue weighted by atomic mass is 10.00. The number of ether oxygens (including phenoxy) is 2. The molecule has 0 aromatic heterocycles. The summed E-state index contributed by atoms with van der Waals surface area (Å²) in [5.74, 6) is 0.00589. The summed E-state index contributed by atoms with van der Waals surface area (Å²) in [7, 11) is 0. The third-order valence-corrected chi connectivity index (χ3v) is 7.33. The third-order valence-electron chi connectivity index (χ3n) is 7.33. The first-order valence-corrected chi connectivity index (χ1v) is 13.4. The average molecular weight is 521 g/mol. The number of benzene rings is 2. The van der Waals surface area contributed by atoms with E-state index in [4.69, 9.17) is 9.47 Å². The number of piperazine rings is 1. The maximum atomic E-state index is 13.2. The molecule has 0 N–H and O–H groups in total. The molecule has 0 aliphatic carbocycles. The number of para-hydroxylation sites is 1. The molecule has 3 aliphatic heterocycles. The van der Waals surface area contributed by atoms with E-state index in [-0.39, 0.29) is 24.1 Å². The van der Waals surface area contributed by atoms with E-state index in [1.165, 1.54) is 0 Å². The molecule has 2 aromatic carbocycles. The van der Waals surface area contributed by atoms with Crippen molar-refractivity contribution in [3.05, 3.63) is 59.7 Å². The van der Waals surface area contributed by atoms with Crippen LogP contribution in [0.2, 0.25) is 0 Å². The van der Waals surface area contributed by atoms with E-state index in [2.05, 4.69) is 4.90 Å². The first kappa shape index (κ1) is 25.9. The van der Waals surface area contributed by atoms with Gasteiger partial charge in [0.15, 0.2) is 0 Å². The Labute approximate surface area is 223 Å². The Morgan fingerprint density at radius 3 is 2.18 bits per heavy atom. The number of piperidine rings is 1. The van der Waals surface area contributed by atoms with Crippen molar-refractivity contribution in [3.8, 4) is 0 Å². The van der Waals surface area contributed by atoms with Crippen molar-refractivity contribution in [1.82, 2.24) is 9.80 Å². The van der Waals surface area contributed by atoms with Crippen LogP contribution in [0.3, 0.4) is 0 Å². The fourth-order valence-electron chi connectivity index (χ4n) is 5.32. The van der Waals surface area contributed by atoms with E-state index in [9.17, 15) is 14.4 Å². The summed E-state index contributed by atoms with van der Waals surface area (Å²) in [5.41, 5.74) is 3.11. The predicted octanol–water partition coefficient (Wildman–Crippen LogP) is 4.51. The first-order chi connectivity index (χ1) is 18.2. The van der Waals surface area contributed by atoms with Crippen LogP contribution in [0.15, 0.2) is 48.5 Å². The van der Waals surface area contributed by atoms with Crippen molar-refractivity contribution in [2.75, 3.05) is 49.1 Å².